The number of primary amides is 1. The quantitative estimate of drug-likeness (QED) is 0.648. The maximum Gasteiger partial charge on any atom is 0.341 e. The number of pyridine rings is 1. The van der Waals surface area contributed by atoms with Gasteiger partial charge in [-0.2, -0.15) is 0 Å². The van der Waals surface area contributed by atoms with Crippen LogP contribution in [0.4, 0.5) is 16.3 Å². The third-order valence-electron chi connectivity index (χ3n) is 4.28. The van der Waals surface area contributed by atoms with Crippen molar-refractivity contribution in [2.24, 2.45) is 5.73 Å². The van der Waals surface area contributed by atoms with E-state index in [0.717, 1.165) is 4.90 Å². The van der Waals surface area contributed by atoms with Crippen LogP contribution in [0.1, 0.15) is 17.3 Å². The Morgan fingerprint density at radius 3 is 2.66 bits per heavy atom. The molecule has 2 aromatic carbocycles. The van der Waals surface area contributed by atoms with Crippen LogP contribution in [0, 0.1) is 0 Å². The number of rotatable bonds is 4. The van der Waals surface area contributed by atoms with Gasteiger partial charge in [0.2, 0.25) is 6.79 Å². The molecule has 0 aliphatic carbocycles. The van der Waals surface area contributed by atoms with Gasteiger partial charge in [-0.15, -0.1) is 0 Å². The first-order valence-corrected chi connectivity index (χ1v) is 9.12. The van der Waals surface area contributed by atoms with Gasteiger partial charge in [-0.25, -0.2) is 19.5 Å². The molecule has 0 fully saturated rings. The highest BCUT2D eigenvalue weighted by Gasteiger charge is 2.26. The van der Waals surface area contributed by atoms with Gasteiger partial charge < -0.3 is 19.9 Å². The maximum absolute atomic E-state index is 12.6. The zero-order valence-electron chi connectivity index (χ0n) is 15.3. The molecule has 0 atom stereocenters. The van der Waals surface area contributed by atoms with Crippen molar-refractivity contribution < 1.29 is 23.8 Å². The fourth-order valence-electron chi connectivity index (χ4n) is 3.05. The number of amides is 2. The Morgan fingerprint density at radius 1 is 1.21 bits per heavy atom. The van der Waals surface area contributed by atoms with E-state index in [2.05, 4.69) is 4.98 Å². The van der Waals surface area contributed by atoms with Gasteiger partial charge >= 0.3 is 12.0 Å². The van der Waals surface area contributed by atoms with Gasteiger partial charge in [-0.3, -0.25) is 0 Å². The highest BCUT2D eigenvalue weighted by Crippen LogP contribution is 2.38. The van der Waals surface area contributed by atoms with E-state index in [4.69, 9.17) is 31.5 Å². The first kappa shape index (κ1) is 18.8. The summed E-state index contributed by atoms with van der Waals surface area (Å²) in [6.07, 6.45) is 0. The van der Waals surface area contributed by atoms with Crippen LogP contribution in [0.15, 0.2) is 42.5 Å². The molecule has 0 saturated heterocycles. The summed E-state index contributed by atoms with van der Waals surface area (Å²) < 4.78 is 15.9. The van der Waals surface area contributed by atoms with Gasteiger partial charge in [-0.1, -0.05) is 17.7 Å². The van der Waals surface area contributed by atoms with Crippen molar-refractivity contribution in [2.45, 2.75) is 6.92 Å². The van der Waals surface area contributed by atoms with Crippen molar-refractivity contribution in [1.82, 2.24) is 4.98 Å². The van der Waals surface area contributed by atoms with Crippen LogP contribution in [0.25, 0.3) is 10.9 Å². The second-order valence-corrected chi connectivity index (χ2v) is 6.57. The molecule has 0 bridgehead atoms. The number of fused-ring (bicyclic) bond motifs is 2. The lowest BCUT2D eigenvalue weighted by atomic mass is 10.1. The van der Waals surface area contributed by atoms with E-state index < -0.39 is 12.0 Å². The number of hydrogen-bond donors (Lipinski definition) is 1. The molecule has 1 aliphatic heterocycles. The van der Waals surface area contributed by atoms with Crippen LogP contribution in [0.5, 0.6) is 11.5 Å². The SMILES string of the molecule is CCOC(=O)c1cc2cc3c(cc2nc1N(C(N)=O)c1cccc(Cl)c1)OCO3. The van der Waals surface area contributed by atoms with Gasteiger partial charge in [0, 0.05) is 16.5 Å². The van der Waals surface area contributed by atoms with Crippen LogP contribution in [-0.4, -0.2) is 30.4 Å². The summed E-state index contributed by atoms with van der Waals surface area (Å²) in [5.41, 5.74) is 6.57. The predicted octanol–water partition coefficient (Wildman–Crippen LogP) is 4.01. The summed E-state index contributed by atoms with van der Waals surface area (Å²) >= 11 is 6.07. The molecule has 148 valence electrons. The standard InChI is InChI=1S/C20H16ClN3O5/c1-2-27-19(25)14-6-11-7-16-17(29-10-28-16)9-15(11)23-18(14)24(20(22)26)13-5-3-4-12(21)8-13/h3-9H,2,10H2,1H3,(H2,22,26). The minimum Gasteiger partial charge on any atom is -0.462 e. The highest BCUT2D eigenvalue weighted by molar-refractivity contribution is 6.31. The Labute approximate surface area is 170 Å². The summed E-state index contributed by atoms with van der Waals surface area (Å²) in [5, 5.41) is 1.02. The summed E-state index contributed by atoms with van der Waals surface area (Å²) in [4.78, 5) is 30.6. The molecule has 8 nitrogen and oxygen atoms in total. The Bertz CT molecular complexity index is 1130. The molecule has 0 saturated carbocycles. The molecular formula is C20H16ClN3O5. The average molecular weight is 414 g/mol. The van der Waals surface area contributed by atoms with Crippen molar-refractivity contribution in [3.05, 3.63) is 53.1 Å². The molecule has 4 rings (SSSR count). The van der Waals surface area contributed by atoms with Gasteiger partial charge in [0.15, 0.2) is 17.3 Å². The molecule has 2 heterocycles. The van der Waals surface area contributed by atoms with Crippen LogP contribution < -0.4 is 20.1 Å². The summed E-state index contributed by atoms with van der Waals surface area (Å²) in [7, 11) is 0. The molecule has 9 heteroatoms. The molecule has 3 aromatic rings. The van der Waals surface area contributed by atoms with Crippen molar-refractivity contribution in [3.8, 4) is 11.5 Å². The van der Waals surface area contributed by atoms with Gasteiger partial charge in [-0.05, 0) is 37.3 Å². The van der Waals surface area contributed by atoms with Crippen LogP contribution in [0.2, 0.25) is 5.02 Å². The number of carbonyl (C=O) groups excluding carboxylic acids is 2. The molecule has 0 radical (unpaired) electrons. The molecule has 2 N–H and O–H groups in total. The molecule has 1 aromatic heterocycles. The van der Waals surface area contributed by atoms with Crippen molar-refractivity contribution in [3.63, 3.8) is 0 Å². The molecule has 0 spiro atoms. The zero-order valence-corrected chi connectivity index (χ0v) is 16.1. The van der Waals surface area contributed by atoms with Gasteiger partial charge in [0.05, 0.1) is 17.8 Å². The van der Waals surface area contributed by atoms with E-state index >= 15 is 0 Å². The fourth-order valence-corrected chi connectivity index (χ4v) is 3.24. The summed E-state index contributed by atoms with van der Waals surface area (Å²) in [6.45, 7) is 1.94. The van der Waals surface area contributed by atoms with E-state index in [9.17, 15) is 9.59 Å². The molecule has 1 aliphatic rings. The first-order valence-electron chi connectivity index (χ1n) is 8.74. The smallest absolute Gasteiger partial charge is 0.341 e. The first-order chi connectivity index (χ1) is 14.0. The maximum atomic E-state index is 12.6. The number of hydrogen-bond acceptors (Lipinski definition) is 6. The number of urea groups is 1. The molecule has 29 heavy (non-hydrogen) atoms. The second-order valence-electron chi connectivity index (χ2n) is 6.13. The van der Waals surface area contributed by atoms with E-state index in [0.29, 0.717) is 33.1 Å². The predicted molar refractivity (Wildman–Crippen MR) is 107 cm³/mol. The number of ether oxygens (including phenoxy) is 3. The van der Waals surface area contributed by atoms with Crippen molar-refractivity contribution >= 4 is 46.0 Å². The Balaban J connectivity index is 1.96. The van der Waals surface area contributed by atoms with Crippen molar-refractivity contribution in [1.29, 1.82) is 0 Å². The number of nitrogens with zero attached hydrogens (tertiary/aromatic N) is 2. The number of carbonyl (C=O) groups is 2. The number of nitrogens with two attached hydrogens (primary N) is 1. The number of benzene rings is 2. The third kappa shape index (κ3) is 3.50. The minimum atomic E-state index is -0.828. The molecule has 0 unspecified atom stereocenters. The zero-order chi connectivity index (χ0) is 20.5. The van der Waals surface area contributed by atoms with Gasteiger partial charge in [0.1, 0.15) is 5.56 Å². The summed E-state index contributed by atoms with van der Waals surface area (Å²) in [6, 6.07) is 10.6. The lowest BCUT2D eigenvalue weighted by Gasteiger charge is -2.22. The fraction of sp³-hybridized carbons (Fsp3) is 0.150. The lowest BCUT2D eigenvalue weighted by Crippen LogP contribution is -2.33. The number of aromatic nitrogens is 1. The molecular weight excluding hydrogens is 398 g/mol. The van der Waals surface area contributed by atoms with E-state index in [1.807, 2.05) is 0 Å². The van der Waals surface area contributed by atoms with Gasteiger partial charge in [0.25, 0.3) is 0 Å². The normalized spacial score (nSPS) is 12.1. The topological polar surface area (TPSA) is 104 Å². The average Bonchev–Trinajstić information content (AvgIpc) is 3.13. The molecule has 2 amide bonds. The third-order valence-corrected chi connectivity index (χ3v) is 4.52. The monoisotopic (exact) mass is 413 g/mol. The number of halogens is 1. The lowest BCUT2D eigenvalue weighted by molar-refractivity contribution is 0.0527. The number of esters is 1. The minimum absolute atomic E-state index is 0.0320. The Kier molecular flexibility index (Phi) is 4.85. The van der Waals surface area contributed by atoms with Crippen LogP contribution in [0.3, 0.4) is 0 Å². The largest absolute Gasteiger partial charge is 0.462 e. The van der Waals surface area contributed by atoms with Crippen LogP contribution in [-0.2, 0) is 4.74 Å². The highest BCUT2D eigenvalue weighted by atomic mass is 35.5. The van der Waals surface area contributed by atoms with Crippen LogP contribution >= 0.6 is 11.6 Å². The second kappa shape index (κ2) is 7.48. The Hall–Kier alpha value is -3.52. The van der Waals surface area contributed by atoms with Crippen molar-refractivity contribution in [2.75, 3.05) is 18.3 Å². The summed E-state index contributed by atoms with van der Waals surface area (Å²) in [5.74, 6) is 0.462. The Morgan fingerprint density at radius 2 is 1.97 bits per heavy atom. The van der Waals surface area contributed by atoms with E-state index in [1.54, 1.807) is 49.4 Å². The van der Waals surface area contributed by atoms with E-state index in [-0.39, 0.29) is 24.8 Å². The van der Waals surface area contributed by atoms with E-state index in [1.165, 1.54) is 0 Å². The number of anilines is 2.